The first-order chi connectivity index (χ1) is 26.1. The van der Waals surface area contributed by atoms with E-state index < -0.39 is 29.7 Å². The van der Waals surface area contributed by atoms with Gasteiger partial charge in [0, 0.05) is 25.5 Å². The Morgan fingerprint density at radius 2 is 1.65 bits per heavy atom. The molecule has 0 saturated carbocycles. The number of hydrogen-bond acceptors (Lipinski definition) is 14. The topological polar surface area (TPSA) is 202 Å². The Bertz CT molecular complexity index is 2090. The molecule has 2 heterocycles. The van der Waals surface area contributed by atoms with Crippen molar-refractivity contribution in [2.75, 3.05) is 0 Å². The normalized spacial score (nSPS) is 12.0. The molecule has 0 saturated heterocycles. The maximum absolute atomic E-state index is 13.1. The van der Waals surface area contributed by atoms with E-state index in [0.29, 0.717) is 28.9 Å². The summed E-state index contributed by atoms with van der Waals surface area (Å²) in [6.45, 7) is 4.98. The first-order valence-electron chi connectivity index (χ1n) is 16.8. The summed E-state index contributed by atoms with van der Waals surface area (Å²) in [5.74, 6) is 0.136. The van der Waals surface area contributed by atoms with Crippen LogP contribution in [0.4, 0.5) is 4.79 Å². The van der Waals surface area contributed by atoms with Gasteiger partial charge in [-0.3, -0.25) is 4.79 Å². The Labute approximate surface area is 313 Å². The molecule has 0 N–H and O–H groups in total. The number of esters is 1. The van der Waals surface area contributed by atoms with Gasteiger partial charge in [-0.25, -0.2) is 14.6 Å². The standard InChI is InChI=1S/C36H36ClN7O10/c1-4-5-14-31-38-33(37)32(35(46)54-24(3)51-22-45)42(31)19-25-15-17-26(18-16-25)29-12-8-9-13-30(29)34-39-41-43(40-34)23(2)53-36(47)50-20-27-10-6-7-11-28(27)21-52-44(48)49/h6-13,15-18,22-24H,4-5,14,19-21H2,1-3H3. The highest BCUT2D eigenvalue weighted by Gasteiger charge is 2.25. The van der Waals surface area contributed by atoms with Gasteiger partial charge in [0.05, 0.1) is 0 Å². The third kappa shape index (κ3) is 9.94. The number of carbonyl (C=O) groups excluding carboxylic acids is 3. The maximum Gasteiger partial charge on any atom is 0.510 e. The molecular weight excluding hydrogens is 726 g/mol. The molecule has 2 atom stereocenters. The van der Waals surface area contributed by atoms with Crippen LogP contribution in [0.15, 0.2) is 72.8 Å². The molecule has 0 fully saturated rings. The van der Waals surface area contributed by atoms with Crippen LogP contribution < -0.4 is 0 Å². The van der Waals surface area contributed by atoms with Gasteiger partial charge < -0.3 is 28.4 Å². The second kappa shape index (κ2) is 18.4. The number of aromatic nitrogens is 6. The summed E-state index contributed by atoms with van der Waals surface area (Å²) in [4.78, 5) is 56.9. The van der Waals surface area contributed by atoms with Crippen molar-refractivity contribution in [3.05, 3.63) is 116 Å². The number of unbranched alkanes of at least 4 members (excludes halogenated alkanes) is 1. The molecule has 282 valence electrons. The fourth-order valence-corrected chi connectivity index (χ4v) is 5.65. The molecule has 5 rings (SSSR count). The van der Waals surface area contributed by atoms with E-state index >= 15 is 0 Å². The van der Waals surface area contributed by atoms with Gasteiger partial charge in [0.1, 0.15) is 19.0 Å². The molecule has 0 bridgehead atoms. The van der Waals surface area contributed by atoms with Gasteiger partial charge >= 0.3 is 12.1 Å². The number of nitrogens with zero attached hydrogens (tertiary/aromatic N) is 7. The molecule has 0 aliphatic rings. The Kier molecular flexibility index (Phi) is 13.3. The molecule has 0 aliphatic carbocycles. The molecule has 18 heteroatoms. The summed E-state index contributed by atoms with van der Waals surface area (Å²) in [5, 5.41) is 22.4. The van der Waals surface area contributed by atoms with Crippen LogP contribution in [0.25, 0.3) is 22.5 Å². The van der Waals surface area contributed by atoms with Crippen molar-refractivity contribution in [1.82, 2.24) is 29.8 Å². The third-order valence-electron chi connectivity index (χ3n) is 8.05. The number of rotatable bonds is 18. The lowest BCUT2D eigenvalue weighted by Crippen LogP contribution is -2.21. The van der Waals surface area contributed by atoms with Crippen molar-refractivity contribution in [1.29, 1.82) is 0 Å². The summed E-state index contributed by atoms with van der Waals surface area (Å²) < 4.78 is 22.2. The largest absolute Gasteiger partial charge is 0.510 e. The number of tetrazole rings is 1. The predicted molar refractivity (Wildman–Crippen MR) is 190 cm³/mol. The highest BCUT2D eigenvalue weighted by Crippen LogP contribution is 2.31. The van der Waals surface area contributed by atoms with Crippen molar-refractivity contribution in [3.63, 3.8) is 0 Å². The zero-order chi connectivity index (χ0) is 38.6. The fourth-order valence-electron chi connectivity index (χ4n) is 5.38. The summed E-state index contributed by atoms with van der Waals surface area (Å²) in [5.41, 5.74) is 4.22. The van der Waals surface area contributed by atoms with Gasteiger partial charge in [0.15, 0.2) is 10.8 Å². The van der Waals surface area contributed by atoms with Crippen molar-refractivity contribution >= 4 is 30.2 Å². The fraction of sp³-hybridized carbons (Fsp3) is 0.306. The van der Waals surface area contributed by atoms with Crippen LogP contribution >= 0.6 is 11.6 Å². The second-order valence-electron chi connectivity index (χ2n) is 11.8. The van der Waals surface area contributed by atoms with E-state index in [0.717, 1.165) is 34.3 Å². The van der Waals surface area contributed by atoms with E-state index in [2.05, 4.69) is 25.2 Å². The van der Waals surface area contributed by atoms with Crippen molar-refractivity contribution in [2.24, 2.45) is 0 Å². The van der Waals surface area contributed by atoms with Gasteiger partial charge in [-0.05, 0) is 46.4 Å². The van der Waals surface area contributed by atoms with E-state index in [1.807, 2.05) is 55.5 Å². The quantitative estimate of drug-likeness (QED) is 0.0308. The molecule has 5 aromatic rings. The lowest BCUT2D eigenvalue weighted by molar-refractivity contribution is -0.763. The third-order valence-corrected chi connectivity index (χ3v) is 8.32. The van der Waals surface area contributed by atoms with Gasteiger partial charge in [-0.1, -0.05) is 97.7 Å². The van der Waals surface area contributed by atoms with E-state index in [4.69, 9.17) is 30.5 Å². The smallest absolute Gasteiger partial charge is 0.429 e. The first kappa shape index (κ1) is 38.9. The molecule has 0 radical (unpaired) electrons. The average molecular weight is 762 g/mol. The number of halogens is 1. The molecule has 3 aromatic carbocycles. The molecule has 2 aromatic heterocycles. The van der Waals surface area contributed by atoms with Gasteiger partial charge in [-0.15, -0.1) is 25.1 Å². The average Bonchev–Trinajstić information content (AvgIpc) is 3.77. The molecule has 17 nitrogen and oxygen atoms in total. The van der Waals surface area contributed by atoms with Crippen LogP contribution in [-0.4, -0.2) is 59.7 Å². The van der Waals surface area contributed by atoms with Gasteiger partial charge in [0.2, 0.25) is 18.3 Å². The highest BCUT2D eigenvalue weighted by molar-refractivity contribution is 6.32. The van der Waals surface area contributed by atoms with Crippen LogP contribution in [0, 0.1) is 10.1 Å². The molecule has 2 unspecified atom stereocenters. The maximum atomic E-state index is 13.1. The van der Waals surface area contributed by atoms with Crippen LogP contribution in [-0.2, 0) is 54.8 Å². The zero-order valence-electron chi connectivity index (χ0n) is 29.5. The van der Waals surface area contributed by atoms with E-state index in [1.165, 1.54) is 6.92 Å². The van der Waals surface area contributed by atoms with Crippen LogP contribution in [0.2, 0.25) is 5.15 Å². The van der Waals surface area contributed by atoms with Crippen molar-refractivity contribution in [3.8, 4) is 22.5 Å². The number of imidazole rings is 1. The Morgan fingerprint density at radius 3 is 2.33 bits per heavy atom. The highest BCUT2D eigenvalue weighted by atomic mass is 35.5. The lowest BCUT2D eigenvalue weighted by Gasteiger charge is -2.15. The molecule has 0 aliphatic heterocycles. The number of ether oxygens (including phenoxy) is 4. The van der Waals surface area contributed by atoms with Crippen LogP contribution in [0.1, 0.15) is 72.8 Å². The number of hydrogen-bond donors (Lipinski definition) is 0. The Hall–Kier alpha value is -6.36. The predicted octanol–water partition coefficient (Wildman–Crippen LogP) is 6.50. The van der Waals surface area contributed by atoms with E-state index in [9.17, 15) is 24.5 Å². The summed E-state index contributed by atoms with van der Waals surface area (Å²) >= 11 is 6.42. The van der Waals surface area contributed by atoms with Crippen LogP contribution in [0.3, 0.4) is 0 Å². The van der Waals surface area contributed by atoms with Gasteiger partial charge in [-0.2, -0.15) is 0 Å². The van der Waals surface area contributed by atoms with E-state index in [-0.39, 0.29) is 42.9 Å². The van der Waals surface area contributed by atoms with Crippen molar-refractivity contribution < 1.29 is 43.3 Å². The minimum Gasteiger partial charge on any atom is -0.429 e. The molecule has 0 amide bonds. The Morgan fingerprint density at radius 1 is 0.963 bits per heavy atom. The number of carbonyl (C=O) groups is 3. The summed E-state index contributed by atoms with van der Waals surface area (Å²) in [6.07, 6.45) is -0.773. The lowest BCUT2D eigenvalue weighted by atomic mass is 9.98. The molecule has 54 heavy (non-hydrogen) atoms. The van der Waals surface area contributed by atoms with Crippen LogP contribution in [0.5, 0.6) is 0 Å². The SMILES string of the molecule is CCCCc1nc(Cl)c(C(=O)OC(C)OC=O)n1Cc1ccc(-c2ccccc2-c2nnn(C(C)OC(=O)OCc3ccccc3CO[N+](=O)[O-])n2)cc1. The minimum atomic E-state index is -1.11. The number of aryl methyl sites for hydroxylation is 1. The first-order valence-corrected chi connectivity index (χ1v) is 17.2. The van der Waals surface area contributed by atoms with Crippen molar-refractivity contribution in [2.45, 2.75) is 72.3 Å². The van der Waals surface area contributed by atoms with E-state index in [1.54, 1.807) is 35.8 Å². The minimum absolute atomic E-state index is 0.00386. The monoisotopic (exact) mass is 761 g/mol. The summed E-state index contributed by atoms with van der Waals surface area (Å²) in [6, 6.07) is 21.8. The summed E-state index contributed by atoms with van der Waals surface area (Å²) in [7, 11) is 0. The zero-order valence-corrected chi connectivity index (χ0v) is 30.2. The van der Waals surface area contributed by atoms with Gasteiger partial charge in [0.25, 0.3) is 11.6 Å². The molecule has 0 spiro atoms. The second-order valence-corrected chi connectivity index (χ2v) is 12.1. The number of benzene rings is 3. The molecular formula is C36H36ClN7O10. The Balaban J connectivity index is 1.28.